The van der Waals surface area contributed by atoms with Crippen LogP contribution in [0.15, 0.2) is 59.9 Å². The molecule has 0 atom stereocenters. The van der Waals surface area contributed by atoms with Crippen LogP contribution in [0.3, 0.4) is 0 Å². The SMILES string of the molecule is Fc1ccc(CSc2ncnc3c2nnn3-c2ccc(F)cc2)cc1. The van der Waals surface area contributed by atoms with Gasteiger partial charge in [-0.15, -0.1) is 5.10 Å². The zero-order chi connectivity index (χ0) is 17.2. The van der Waals surface area contributed by atoms with Crippen molar-refractivity contribution in [2.75, 3.05) is 0 Å². The molecule has 0 saturated carbocycles. The summed E-state index contributed by atoms with van der Waals surface area (Å²) in [5.41, 5.74) is 2.75. The van der Waals surface area contributed by atoms with Crippen molar-refractivity contribution in [2.45, 2.75) is 10.8 Å². The van der Waals surface area contributed by atoms with Crippen LogP contribution in [0.2, 0.25) is 0 Å². The number of benzene rings is 2. The van der Waals surface area contributed by atoms with Gasteiger partial charge in [0.2, 0.25) is 0 Å². The van der Waals surface area contributed by atoms with Crippen molar-refractivity contribution in [3.05, 3.63) is 72.1 Å². The van der Waals surface area contributed by atoms with Crippen LogP contribution in [-0.2, 0) is 5.75 Å². The average Bonchev–Trinajstić information content (AvgIpc) is 3.07. The van der Waals surface area contributed by atoms with Crippen molar-refractivity contribution in [2.24, 2.45) is 0 Å². The van der Waals surface area contributed by atoms with E-state index in [1.54, 1.807) is 28.9 Å². The van der Waals surface area contributed by atoms with Gasteiger partial charge in [0.1, 0.15) is 23.0 Å². The summed E-state index contributed by atoms with van der Waals surface area (Å²) >= 11 is 1.47. The fourth-order valence-corrected chi connectivity index (χ4v) is 3.21. The third-order valence-electron chi connectivity index (χ3n) is 3.56. The van der Waals surface area contributed by atoms with Crippen molar-refractivity contribution >= 4 is 22.9 Å². The molecule has 8 heteroatoms. The zero-order valence-corrected chi connectivity index (χ0v) is 13.6. The van der Waals surface area contributed by atoms with Gasteiger partial charge in [-0.05, 0) is 42.0 Å². The van der Waals surface area contributed by atoms with Gasteiger partial charge in [-0.1, -0.05) is 29.1 Å². The first-order valence-electron chi connectivity index (χ1n) is 7.40. The predicted octanol–water partition coefficient (Wildman–Crippen LogP) is 3.78. The van der Waals surface area contributed by atoms with Gasteiger partial charge in [0.25, 0.3) is 0 Å². The molecule has 2 aromatic carbocycles. The van der Waals surface area contributed by atoms with Crippen LogP contribution in [0.5, 0.6) is 0 Å². The molecule has 0 radical (unpaired) electrons. The Hall–Kier alpha value is -2.87. The van der Waals surface area contributed by atoms with E-state index in [1.165, 1.54) is 42.4 Å². The molecule has 2 aromatic heterocycles. The minimum Gasteiger partial charge on any atom is -0.227 e. The van der Waals surface area contributed by atoms with E-state index in [-0.39, 0.29) is 11.6 Å². The van der Waals surface area contributed by atoms with Crippen molar-refractivity contribution < 1.29 is 8.78 Å². The monoisotopic (exact) mass is 355 g/mol. The Morgan fingerprint density at radius 2 is 1.56 bits per heavy atom. The Kier molecular flexibility index (Phi) is 4.10. The molecular weight excluding hydrogens is 344 g/mol. The quantitative estimate of drug-likeness (QED) is 0.412. The van der Waals surface area contributed by atoms with Gasteiger partial charge in [-0.25, -0.2) is 18.7 Å². The summed E-state index contributed by atoms with van der Waals surface area (Å²) in [4.78, 5) is 8.50. The van der Waals surface area contributed by atoms with Crippen molar-refractivity contribution in [3.8, 4) is 5.69 Å². The van der Waals surface area contributed by atoms with Crippen molar-refractivity contribution in [1.29, 1.82) is 0 Å². The number of fused-ring (bicyclic) bond motifs is 1. The second kappa shape index (κ2) is 6.56. The number of nitrogens with zero attached hydrogens (tertiary/aromatic N) is 5. The van der Waals surface area contributed by atoms with E-state index in [9.17, 15) is 8.78 Å². The van der Waals surface area contributed by atoms with Gasteiger partial charge < -0.3 is 0 Å². The molecule has 0 N–H and O–H groups in total. The summed E-state index contributed by atoms with van der Waals surface area (Å²) in [6, 6.07) is 12.2. The van der Waals surface area contributed by atoms with E-state index in [0.717, 1.165) is 5.56 Å². The van der Waals surface area contributed by atoms with Crippen molar-refractivity contribution in [1.82, 2.24) is 25.0 Å². The molecule has 0 saturated heterocycles. The first-order valence-corrected chi connectivity index (χ1v) is 8.39. The molecule has 0 unspecified atom stereocenters. The lowest BCUT2D eigenvalue weighted by molar-refractivity contribution is 0.626. The molecule has 0 aliphatic carbocycles. The molecule has 0 spiro atoms. The number of aromatic nitrogens is 5. The molecule has 0 aliphatic rings. The van der Waals surface area contributed by atoms with E-state index in [0.29, 0.717) is 27.6 Å². The zero-order valence-electron chi connectivity index (χ0n) is 12.8. The van der Waals surface area contributed by atoms with Gasteiger partial charge in [0.05, 0.1) is 5.69 Å². The topological polar surface area (TPSA) is 56.5 Å². The van der Waals surface area contributed by atoms with Crippen LogP contribution in [-0.4, -0.2) is 25.0 Å². The Labute approximate surface area is 145 Å². The normalized spacial score (nSPS) is 11.1. The molecule has 0 aliphatic heterocycles. The second-order valence-corrected chi connectivity index (χ2v) is 6.21. The maximum Gasteiger partial charge on any atom is 0.187 e. The van der Waals surface area contributed by atoms with Crippen LogP contribution < -0.4 is 0 Å². The minimum absolute atomic E-state index is 0.264. The smallest absolute Gasteiger partial charge is 0.187 e. The Morgan fingerprint density at radius 1 is 0.880 bits per heavy atom. The van der Waals surface area contributed by atoms with Gasteiger partial charge in [-0.2, -0.15) is 4.68 Å². The molecule has 4 aromatic rings. The van der Waals surface area contributed by atoms with Gasteiger partial charge in [-0.3, -0.25) is 0 Å². The average molecular weight is 355 g/mol. The summed E-state index contributed by atoms with van der Waals surface area (Å²) < 4.78 is 27.6. The van der Waals surface area contributed by atoms with Crippen molar-refractivity contribution in [3.63, 3.8) is 0 Å². The first-order chi connectivity index (χ1) is 12.2. The number of hydrogen-bond donors (Lipinski definition) is 0. The van der Waals surface area contributed by atoms with E-state index < -0.39 is 0 Å². The van der Waals surface area contributed by atoms with E-state index in [4.69, 9.17) is 0 Å². The third kappa shape index (κ3) is 3.20. The summed E-state index contributed by atoms with van der Waals surface area (Å²) in [7, 11) is 0. The fourth-order valence-electron chi connectivity index (χ4n) is 2.32. The number of thioether (sulfide) groups is 1. The number of halogens is 2. The second-order valence-electron chi connectivity index (χ2n) is 5.24. The molecule has 25 heavy (non-hydrogen) atoms. The van der Waals surface area contributed by atoms with E-state index >= 15 is 0 Å². The maximum atomic E-state index is 13.1. The van der Waals surface area contributed by atoms with Gasteiger partial charge in [0, 0.05) is 5.75 Å². The maximum absolute atomic E-state index is 13.1. The minimum atomic E-state index is -0.321. The largest absolute Gasteiger partial charge is 0.227 e. The molecule has 124 valence electrons. The number of hydrogen-bond acceptors (Lipinski definition) is 5. The molecule has 0 fully saturated rings. The molecule has 0 bridgehead atoms. The van der Waals surface area contributed by atoms with Crippen LogP contribution in [0.4, 0.5) is 8.78 Å². The van der Waals surface area contributed by atoms with Crippen LogP contribution in [0, 0.1) is 11.6 Å². The highest BCUT2D eigenvalue weighted by atomic mass is 32.2. The highest BCUT2D eigenvalue weighted by Gasteiger charge is 2.13. The molecule has 4 rings (SSSR count). The first kappa shape index (κ1) is 15.6. The lowest BCUT2D eigenvalue weighted by Crippen LogP contribution is -1.98. The Balaban J connectivity index is 1.64. The molecule has 2 heterocycles. The van der Waals surface area contributed by atoms with E-state index in [1.807, 2.05) is 0 Å². The summed E-state index contributed by atoms with van der Waals surface area (Å²) in [5, 5.41) is 8.94. The summed E-state index contributed by atoms with van der Waals surface area (Å²) in [6.07, 6.45) is 1.44. The Morgan fingerprint density at radius 3 is 2.28 bits per heavy atom. The highest BCUT2D eigenvalue weighted by molar-refractivity contribution is 7.98. The number of rotatable bonds is 4. The molecular formula is C17H11F2N5S. The lowest BCUT2D eigenvalue weighted by atomic mass is 10.2. The van der Waals surface area contributed by atoms with E-state index in [2.05, 4.69) is 20.3 Å². The van der Waals surface area contributed by atoms with Gasteiger partial charge >= 0.3 is 0 Å². The predicted molar refractivity (Wildman–Crippen MR) is 90.4 cm³/mol. The molecule has 5 nitrogen and oxygen atoms in total. The summed E-state index contributed by atoms with van der Waals surface area (Å²) in [5.74, 6) is 0.0364. The Bertz CT molecular complexity index is 1020. The third-order valence-corrected chi connectivity index (χ3v) is 4.61. The highest BCUT2D eigenvalue weighted by Crippen LogP contribution is 2.26. The van der Waals surface area contributed by atoms with Crippen LogP contribution >= 0.6 is 11.8 Å². The van der Waals surface area contributed by atoms with Crippen LogP contribution in [0.25, 0.3) is 16.9 Å². The standard InChI is InChI=1S/C17H11F2N5S/c18-12-3-1-11(2-4-12)9-25-17-15-16(20-10-21-17)24(23-22-15)14-7-5-13(19)6-8-14/h1-8,10H,9H2. The summed E-state index contributed by atoms with van der Waals surface area (Å²) in [6.45, 7) is 0. The molecule has 0 amide bonds. The van der Waals surface area contributed by atoms with Crippen LogP contribution in [0.1, 0.15) is 5.56 Å². The lowest BCUT2D eigenvalue weighted by Gasteiger charge is -2.03. The van der Waals surface area contributed by atoms with Gasteiger partial charge in [0.15, 0.2) is 11.2 Å². The fraction of sp³-hybridized carbons (Fsp3) is 0.0588.